The molecule has 0 atom stereocenters. The van der Waals surface area contributed by atoms with Gasteiger partial charge in [0.25, 0.3) is 0 Å². The Bertz CT molecular complexity index is 2380. The van der Waals surface area contributed by atoms with E-state index < -0.39 is 24.2 Å². The van der Waals surface area contributed by atoms with Gasteiger partial charge in [0.05, 0.1) is 23.8 Å². The van der Waals surface area contributed by atoms with Gasteiger partial charge in [-0.25, -0.2) is 8.78 Å². The van der Waals surface area contributed by atoms with Gasteiger partial charge in [0, 0.05) is 70.6 Å². The minimum absolute atomic E-state index is 0.219. The van der Waals surface area contributed by atoms with Crippen LogP contribution in [0.5, 0.6) is 0 Å². The van der Waals surface area contributed by atoms with Gasteiger partial charge in [0.1, 0.15) is 11.6 Å². The first kappa shape index (κ1) is 52.3. The van der Waals surface area contributed by atoms with E-state index in [1.807, 2.05) is 55.6 Å². The zero-order valence-electron chi connectivity index (χ0n) is 39.3. The number of hydrogen-bond donors (Lipinski definition) is 0. The number of aromatic nitrogens is 6. The van der Waals surface area contributed by atoms with Gasteiger partial charge in [0.2, 0.25) is 0 Å². The zero-order valence-corrected chi connectivity index (χ0v) is 43.8. The molecule has 14 heteroatoms. The fraction of sp³-hybridized carbons (Fsp3) is 0.460. The van der Waals surface area contributed by atoms with Crippen LogP contribution in [0.25, 0.3) is 22.6 Å². The molecule has 0 aliphatic rings. The number of benzene rings is 2. The fourth-order valence-corrected chi connectivity index (χ4v) is 22.9. The number of ether oxygens (including phenoxy) is 1. The quantitative estimate of drug-likeness (QED) is 0.0398. The molecule has 0 fully saturated rings. The third-order valence-electron chi connectivity index (χ3n) is 11.5. The van der Waals surface area contributed by atoms with Crippen LogP contribution in [0.1, 0.15) is 131 Å². The number of halogens is 3. The van der Waals surface area contributed by atoms with Gasteiger partial charge in [0.15, 0.2) is 17.3 Å². The van der Waals surface area contributed by atoms with Crippen LogP contribution in [-0.4, -0.2) is 60.6 Å². The Hall–Kier alpha value is -4.37. The van der Waals surface area contributed by atoms with Gasteiger partial charge in [-0.2, -0.15) is 10.2 Å². The van der Waals surface area contributed by atoms with Crippen molar-refractivity contribution >= 4 is 40.1 Å². The summed E-state index contributed by atoms with van der Waals surface area (Å²) in [6, 6.07) is 8.64. The number of rotatable bonds is 21. The Labute approximate surface area is 391 Å². The Morgan fingerprint density at radius 2 is 1.19 bits per heavy atom. The second-order valence-electron chi connectivity index (χ2n) is 16.2. The standard InChI is InChI=1S/C18H18FN3O2.C16H15BrFN3O.C4H7O.3C4H9.Sn/c1-4-22-10-13(9-20-22)7-16-11(2)21-24-18(16)15-6-5-14(19)8-17(15)12(3)23;1-3-21-9-11(8-19-21)6-14-10(2)20-22-16(14)13-5-4-12(18)7-15(13)17;1-3-5-4-2;3*1-3-4-2;/h5-6,8-10H,4,7H2,1-3H3;4-5,7-9H,3,6H2,1-2H3;1,4H2,2H3;3*1,3-4H2,2H3;. The van der Waals surface area contributed by atoms with Crippen molar-refractivity contribution < 1.29 is 27.4 Å². The molecule has 10 nitrogen and oxygen atoms in total. The first-order valence-corrected chi connectivity index (χ1v) is 31.0. The average Bonchev–Trinajstić information content (AvgIpc) is 4.10. The zero-order chi connectivity index (χ0) is 46.8. The van der Waals surface area contributed by atoms with Crippen molar-refractivity contribution in [2.45, 2.75) is 140 Å². The molecular formula is C50H67BrF2N6O4Sn. The Morgan fingerprint density at radius 3 is 1.59 bits per heavy atom. The van der Waals surface area contributed by atoms with Crippen LogP contribution in [0.2, 0.25) is 13.3 Å². The molecule has 0 amide bonds. The molecule has 0 bridgehead atoms. The maximum atomic E-state index is 13.5. The summed E-state index contributed by atoms with van der Waals surface area (Å²) in [7, 11) is 0. The van der Waals surface area contributed by atoms with Gasteiger partial charge >= 0.3 is 120 Å². The number of carbonyl (C=O) groups is 1. The van der Waals surface area contributed by atoms with E-state index in [2.05, 4.69) is 70.7 Å². The third-order valence-corrected chi connectivity index (χ3v) is 27.1. The minimum Gasteiger partial charge on any atom is -0.356 e. The van der Waals surface area contributed by atoms with Crippen LogP contribution in [-0.2, 0) is 30.7 Å². The third kappa shape index (κ3) is 14.3. The molecule has 346 valence electrons. The number of hydrogen-bond acceptors (Lipinski definition) is 8. The number of ketones is 1. The van der Waals surface area contributed by atoms with Crippen molar-refractivity contribution in [3.05, 3.63) is 127 Å². The first-order valence-electron chi connectivity index (χ1n) is 22.8. The summed E-state index contributed by atoms with van der Waals surface area (Å²) >= 11 is 1.14. The van der Waals surface area contributed by atoms with Crippen LogP contribution < -0.4 is 0 Å². The van der Waals surface area contributed by atoms with Crippen molar-refractivity contribution in [3.63, 3.8) is 0 Å². The number of carbonyl (C=O) groups excluding carboxylic acids is 1. The summed E-state index contributed by atoms with van der Waals surface area (Å²) in [5.74, 6) is 0.197. The second kappa shape index (κ2) is 25.9. The largest absolute Gasteiger partial charge is 0.356 e. The number of nitrogens with zero attached hydrogens (tertiary/aromatic N) is 6. The Kier molecular flexibility index (Phi) is 21.2. The molecule has 0 aliphatic heterocycles. The topological polar surface area (TPSA) is 114 Å². The molecule has 0 unspecified atom stereocenters. The number of Topliss-reactive ketones (excluding diaryl/α,β-unsaturated/α-hetero) is 1. The van der Waals surface area contributed by atoms with Crippen LogP contribution in [0.4, 0.5) is 8.78 Å². The normalized spacial score (nSPS) is 11.2. The summed E-state index contributed by atoms with van der Waals surface area (Å²) in [5, 5.41) is 16.6. The van der Waals surface area contributed by atoms with Gasteiger partial charge in [-0.15, -0.1) is 0 Å². The maximum Gasteiger partial charge on any atom is 0.171 e. The van der Waals surface area contributed by atoms with Crippen molar-refractivity contribution in [2.75, 3.05) is 6.61 Å². The predicted molar refractivity (Wildman–Crippen MR) is 258 cm³/mol. The van der Waals surface area contributed by atoms with Gasteiger partial charge in [-0.1, -0.05) is 10.3 Å². The summed E-state index contributed by atoms with van der Waals surface area (Å²) in [5.41, 5.74) is 7.19. The van der Waals surface area contributed by atoms with Crippen molar-refractivity contribution in [2.24, 2.45) is 0 Å². The van der Waals surface area contributed by atoms with E-state index in [4.69, 9.17) is 13.8 Å². The first-order chi connectivity index (χ1) is 30.7. The van der Waals surface area contributed by atoms with Gasteiger partial charge in [-0.3, -0.25) is 14.2 Å². The maximum absolute atomic E-state index is 13.5. The molecule has 2 aromatic carbocycles. The van der Waals surface area contributed by atoms with E-state index in [1.165, 1.54) is 86.8 Å². The Balaban J connectivity index is 0.000000213. The molecule has 4 heterocycles. The monoisotopic (exact) mass is 1050 g/mol. The fourth-order valence-electron chi connectivity index (χ4n) is 7.71. The summed E-state index contributed by atoms with van der Waals surface area (Å²) in [4.78, 5) is 11.9. The Morgan fingerprint density at radius 1 is 0.734 bits per heavy atom. The molecule has 6 aromatic rings. The molecule has 6 rings (SSSR count). The molecule has 0 N–H and O–H groups in total. The SMILES string of the molecule is C=[C](OCC)[Sn]([CH2]CCC)([CH2]CCC)[CH2]CCC.CCn1cc(Cc2c(C)noc2-c2ccc(F)cc2Br)cn1.CCn1cc(Cc2c(C)noc2-c2ccc(F)cc2C(C)=O)cn1. The van der Waals surface area contributed by atoms with Crippen LogP contribution in [0, 0.1) is 25.5 Å². The molecule has 4 aromatic heterocycles. The van der Waals surface area contributed by atoms with E-state index in [-0.39, 0.29) is 17.2 Å². The predicted octanol–water partition coefficient (Wildman–Crippen LogP) is 14.1. The van der Waals surface area contributed by atoms with Crippen molar-refractivity contribution in [3.8, 4) is 22.6 Å². The van der Waals surface area contributed by atoms with E-state index in [0.717, 1.165) is 58.9 Å². The molecule has 0 spiro atoms. The van der Waals surface area contributed by atoms with E-state index >= 15 is 0 Å². The molecular weight excluding hydrogens is 985 g/mol. The molecule has 0 aliphatic carbocycles. The molecule has 0 saturated heterocycles. The molecule has 64 heavy (non-hydrogen) atoms. The smallest absolute Gasteiger partial charge is 0.171 e. The van der Waals surface area contributed by atoms with E-state index in [0.29, 0.717) is 34.4 Å². The summed E-state index contributed by atoms with van der Waals surface area (Å²) in [6.07, 6.45) is 17.0. The summed E-state index contributed by atoms with van der Waals surface area (Å²) in [6.45, 7) is 25.0. The van der Waals surface area contributed by atoms with E-state index in [9.17, 15) is 13.6 Å². The van der Waals surface area contributed by atoms with Gasteiger partial charge < -0.3 is 9.05 Å². The number of unbranched alkanes of at least 4 members (excludes halogenated alkanes) is 3. The van der Waals surface area contributed by atoms with Crippen LogP contribution in [0.15, 0.2) is 85.1 Å². The number of aryl methyl sites for hydroxylation is 4. The van der Waals surface area contributed by atoms with Gasteiger partial charge in [-0.05, 0) is 98.1 Å². The minimum atomic E-state index is -2.24. The van der Waals surface area contributed by atoms with E-state index in [1.54, 1.807) is 18.3 Å². The molecule has 0 saturated carbocycles. The van der Waals surface area contributed by atoms with Crippen molar-refractivity contribution in [1.82, 2.24) is 29.9 Å². The van der Waals surface area contributed by atoms with Crippen LogP contribution in [0.3, 0.4) is 0 Å². The van der Waals surface area contributed by atoms with Crippen LogP contribution >= 0.6 is 15.9 Å². The average molecular weight is 1050 g/mol. The molecule has 0 radical (unpaired) electrons. The second-order valence-corrected chi connectivity index (χ2v) is 30.3. The van der Waals surface area contributed by atoms with Crippen molar-refractivity contribution in [1.29, 1.82) is 0 Å². The summed E-state index contributed by atoms with van der Waals surface area (Å²) < 4.78 is 53.6.